The summed E-state index contributed by atoms with van der Waals surface area (Å²) in [4.78, 5) is 18.9. The molecule has 0 saturated heterocycles. The number of rotatable bonds is 7. The Hall–Kier alpha value is -2.85. The highest BCUT2D eigenvalue weighted by atomic mass is 32.1. The van der Waals surface area contributed by atoms with Crippen LogP contribution in [0.2, 0.25) is 0 Å². The van der Waals surface area contributed by atoms with Crippen LogP contribution in [0.3, 0.4) is 0 Å². The molecule has 0 bridgehead atoms. The number of thiophene rings is 1. The first-order valence-electron chi connectivity index (χ1n) is 9.84. The summed E-state index contributed by atoms with van der Waals surface area (Å²) in [6.07, 6.45) is 2.31. The van der Waals surface area contributed by atoms with Crippen molar-refractivity contribution in [1.29, 1.82) is 0 Å². The van der Waals surface area contributed by atoms with Gasteiger partial charge in [0.1, 0.15) is 5.82 Å². The summed E-state index contributed by atoms with van der Waals surface area (Å²) in [6, 6.07) is 5.97. The van der Waals surface area contributed by atoms with Gasteiger partial charge in [0.15, 0.2) is 10.4 Å². The summed E-state index contributed by atoms with van der Waals surface area (Å²) in [5.41, 5.74) is 2.06. The van der Waals surface area contributed by atoms with Crippen LogP contribution in [-0.2, 0) is 13.0 Å². The molecule has 4 heterocycles. The molecule has 10 heteroatoms. The Morgan fingerprint density at radius 3 is 2.93 bits per heavy atom. The van der Waals surface area contributed by atoms with E-state index in [0.717, 1.165) is 28.3 Å². The quantitative estimate of drug-likeness (QED) is 0.423. The average molecular weight is 442 g/mol. The molecule has 0 aliphatic rings. The van der Waals surface area contributed by atoms with Crippen molar-refractivity contribution < 1.29 is 4.79 Å². The van der Waals surface area contributed by atoms with Gasteiger partial charge in [0.2, 0.25) is 0 Å². The van der Waals surface area contributed by atoms with Crippen molar-refractivity contribution in [2.75, 3.05) is 6.54 Å². The fraction of sp³-hybridized carbons (Fsp3) is 0.350. The molecule has 0 spiro atoms. The Morgan fingerprint density at radius 2 is 2.23 bits per heavy atom. The second-order valence-electron chi connectivity index (χ2n) is 7.15. The molecular formula is C20H23N7OS2. The Morgan fingerprint density at radius 1 is 1.40 bits per heavy atom. The van der Waals surface area contributed by atoms with Crippen LogP contribution in [0.1, 0.15) is 43.0 Å². The van der Waals surface area contributed by atoms with Gasteiger partial charge < -0.3 is 9.88 Å². The zero-order chi connectivity index (χ0) is 21.3. The third kappa shape index (κ3) is 3.80. The van der Waals surface area contributed by atoms with Gasteiger partial charge in [-0.3, -0.25) is 9.89 Å². The van der Waals surface area contributed by atoms with Gasteiger partial charge in [0, 0.05) is 25.6 Å². The molecule has 0 aliphatic carbocycles. The predicted octanol–water partition coefficient (Wildman–Crippen LogP) is 3.99. The fourth-order valence-electron chi connectivity index (χ4n) is 3.38. The van der Waals surface area contributed by atoms with Gasteiger partial charge >= 0.3 is 0 Å². The lowest BCUT2D eigenvalue weighted by Gasteiger charge is -2.10. The highest BCUT2D eigenvalue weighted by Gasteiger charge is 2.19. The molecule has 0 unspecified atom stereocenters. The monoisotopic (exact) mass is 441 g/mol. The average Bonchev–Trinajstić information content (AvgIpc) is 3.46. The maximum absolute atomic E-state index is 13.1. The van der Waals surface area contributed by atoms with Crippen molar-refractivity contribution in [2.45, 2.75) is 39.8 Å². The Kier molecular flexibility index (Phi) is 5.78. The van der Waals surface area contributed by atoms with Crippen molar-refractivity contribution in [3.63, 3.8) is 0 Å². The van der Waals surface area contributed by atoms with Gasteiger partial charge in [0.25, 0.3) is 5.91 Å². The molecule has 156 valence electrons. The van der Waals surface area contributed by atoms with Crippen molar-refractivity contribution in [3.05, 3.63) is 45.9 Å². The Bertz CT molecular complexity index is 1230. The second kappa shape index (κ2) is 8.49. The minimum atomic E-state index is -0.152. The molecule has 0 saturated carbocycles. The zero-order valence-corrected chi connectivity index (χ0v) is 18.7. The lowest BCUT2D eigenvalue weighted by molar-refractivity contribution is 0.0955. The standard InChI is InChI=1S/C20H23N7OS2/c1-4-26-17(24-25-20(26)29)7-8-21-19(28)13-10-15(16-6-5-9-30-16)23-18-14(13)11-22-27(18)12(2)3/h5-6,9-12H,4,7-8H2,1-3H3,(H,21,28)(H,25,29). The van der Waals surface area contributed by atoms with Gasteiger partial charge in [-0.25, -0.2) is 9.67 Å². The van der Waals surface area contributed by atoms with Gasteiger partial charge in [-0.1, -0.05) is 6.07 Å². The minimum Gasteiger partial charge on any atom is -0.352 e. The van der Waals surface area contributed by atoms with E-state index in [4.69, 9.17) is 17.2 Å². The van der Waals surface area contributed by atoms with E-state index >= 15 is 0 Å². The number of carbonyl (C=O) groups excluding carboxylic acids is 1. The first kappa shape index (κ1) is 20.4. The van der Waals surface area contributed by atoms with E-state index in [0.29, 0.717) is 28.9 Å². The summed E-state index contributed by atoms with van der Waals surface area (Å²) < 4.78 is 4.37. The number of H-pyrrole nitrogens is 1. The smallest absolute Gasteiger partial charge is 0.252 e. The molecule has 4 rings (SSSR count). The lowest BCUT2D eigenvalue weighted by Crippen LogP contribution is -2.27. The van der Waals surface area contributed by atoms with E-state index in [9.17, 15) is 4.79 Å². The summed E-state index contributed by atoms with van der Waals surface area (Å²) in [5, 5.41) is 17.3. The number of carbonyl (C=O) groups is 1. The van der Waals surface area contributed by atoms with E-state index in [1.807, 2.05) is 53.6 Å². The molecule has 0 aromatic carbocycles. The molecule has 4 aromatic heterocycles. The lowest BCUT2D eigenvalue weighted by atomic mass is 10.1. The van der Waals surface area contributed by atoms with Crippen molar-refractivity contribution >= 4 is 40.5 Å². The number of nitrogens with one attached hydrogen (secondary N) is 2. The van der Waals surface area contributed by atoms with E-state index in [1.165, 1.54) is 0 Å². The number of pyridine rings is 1. The van der Waals surface area contributed by atoms with Gasteiger partial charge in [0.05, 0.1) is 27.7 Å². The summed E-state index contributed by atoms with van der Waals surface area (Å²) >= 11 is 6.82. The highest BCUT2D eigenvalue weighted by molar-refractivity contribution is 7.71. The highest BCUT2D eigenvalue weighted by Crippen LogP contribution is 2.28. The van der Waals surface area contributed by atoms with Gasteiger partial charge in [-0.05, 0) is 50.5 Å². The number of aromatic nitrogens is 6. The van der Waals surface area contributed by atoms with E-state index in [-0.39, 0.29) is 11.9 Å². The third-order valence-corrected chi connectivity index (χ3v) is 6.07. The largest absolute Gasteiger partial charge is 0.352 e. The molecule has 0 radical (unpaired) electrons. The first-order valence-corrected chi connectivity index (χ1v) is 11.1. The van der Waals surface area contributed by atoms with Crippen molar-refractivity contribution in [2.24, 2.45) is 0 Å². The van der Waals surface area contributed by atoms with Crippen LogP contribution in [0, 0.1) is 4.77 Å². The van der Waals surface area contributed by atoms with Crippen LogP contribution in [0.5, 0.6) is 0 Å². The molecule has 4 aromatic rings. The van der Waals surface area contributed by atoms with Crippen LogP contribution in [0.25, 0.3) is 21.6 Å². The second-order valence-corrected chi connectivity index (χ2v) is 8.48. The van der Waals surface area contributed by atoms with E-state index < -0.39 is 0 Å². The van der Waals surface area contributed by atoms with Crippen molar-refractivity contribution in [3.8, 4) is 10.6 Å². The molecule has 0 aliphatic heterocycles. The third-order valence-electron chi connectivity index (χ3n) is 4.86. The van der Waals surface area contributed by atoms with Crippen molar-refractivity contribution in [1.82, 2.24) is 34.8 Å². The molecule has 1 amide bonds. The van der Waals surface area contributed by atoms with E-state index in [2.05, 4.69) is 20.6 Å². The first-order chi connectivity index (χ1) is 14.5. The zero-order valence-electron chi connectivity index (χ0n) is 17.0. The Labute approximate surface area is 183 Å². The van der Waals surface area contributed by atoms with Gasteiger partial charge in [-0.15, -0.1) is 11.3 Å². The predicted molar refractivity (Wildman–Crippen MR) is 120 cm³/mol. The summed E-state index contributed by atoms with van der Waals surface area (Å²) in [5.74, 6) is 0.676. The number of amides is 1. The number of hydrogen-bond acceptors (Lipinski definition) is 6. The van der Waals surface area contributed by atoms with Crippen LogP contribution >= 0.6 is 23.6 Å². The number of nitrogens with zero attached hydrogens (tertiary/aromatic N) is 5. The summed E-state index contributed by atoms with van der Waals surface area (Å²) in [6.45, 7) is 7.30. The molecule has 30 heavy (non-hydrogen) atoms. The fourth-order valence-corrected chi connectivity index (χ4v) is 4.35. The van der Waals surface area contributed by atoms with Crippen LogP contribution in [0.15, 0.2) is 29.8 Å². The maximum atomic E-state index is 13.1. The summed E-state index contributed by atoms with van der Waals surface area (Å²) in [7, 11) is 0. The molecular weight excluding hydrogens is 418 g/mol. The normalized spacial score (nSPS) is 11.5. The Balaban J connectivity index is 1.63. The topological polar surface area (TPSA) is 93.4 Å². The molecule has 2 N–H and O–H groups in total. The number of aromatic amines is 1. The maximum Gasteiger partial charge on any atom is 0.252 e. The SMILES string of the molecule is CCn1c(CCNC(=O)c2cc(-c3cccs3)nc3c2cnn3C(C)C)n[nH]c1=S. The van der Waals surface area contributed by atoms with E-state index in [1.54, 1.807) is 17.5 Å². The molecule has 0 atom stereocenters. The molecule has 8 nitrogen and oxygen atoms in total. The molecule has 0 fully saturated rings. The van der Waals surface area contributed by atoms with Crippen LogP contribution in [0.4, 0.5) is 0 Å². The number of hydrogen-bond donors (Lipinski definition) is 2. The van der Waals surface area contributed by atoms with Gasteiger partial charge in [-0.2, -0.15) is 10.2 Å². The van der Waals surface area contributed by atoms with Crippen LogP contribution in [-0.4, -0.2) is 42.0 Å². The van der Waals surface area contributed by atoms with Crippen LogP contribution < -0.4 is 5.32 Å². The number of fused-ring (bicyclic) bond motifs is 1. The minimum absolute atomic E-state index is 0.140.